The van der Waals surface area contributed by atoms with Gasteiger partial charge in [0, 0.05) is 47.6 Å². The molecule has 2 aromatic heterocycles. The maximum atomic E-state index is 6.33. The molecule has 262 valence electrons. The van der Waals surface area contributed by atoms with E-state index in [9.17, 15) is 0 Å². The molecule has 0 N–H and O–H groups in total. The first-order valence-corrected chi connectivity index (χ1v) is 21.7. The third-order valence-electron chi connectivity index (χ3n) is 11.1. The summed E-state index contributed by atoms with van der Waals surface area (Å²) in [6, 6.07) is 63.4. The van der Waals surface area contributed by atoms with E-state index in [4.69, 9.17) is 14.4 Å². The van der Waals surface area contributed by atoms with Crippen molar-refractivity contribution in [2.75, 3.05) is 0 Å². The van der Waals surface area contributed by atoms with Crippen LogP contribution in [-0.2, 0) is 0 Å². The molecule has 0 spiro atoms. The Labute approximate surface area is 335 Å². The lowest BCUT2D eigenvalue weighted by atomic mass is 9.93. The molecular formula is C51H29IN2OS. The van der Waals surface area contributed by atoms with Gasteiger partial charge >= 0.3 is 0 Å². The zero-order chi connectivity index (χ0) is 36.7. The van der Waals surface area contributed by atoms with E-state index in [2.05, 4.69) is 158 Å². The Hall–Kier alpha value is -6.28. The van der Waals surface area contributed by atoms with Gasteiger partial charge in [0.25, 0.3) is 0 Å². The first-order valence-electron chi connectivity index (χ1n) is 18.7. The Bertz CT molecular complexity index is 3500. The highest BCUT2D eigenvalue weighted by Crippen LogP contribution is 2.41. The van der Waals surface area contributed by atoms with Crippen LogP contribution in [0.3, 0.4) is 0 Å². The number of nitrogens with zero attached hydrogens (tertiary/aromatic N) is 2. The fourth-order valence-corrected chi connectivity index (χ4v) is 12.2. The molecule has 3 nitrogen and oxygen atoms in total. The average Bonchev–Trinajstić information content (AvgIpc) is 3.85. The minimum Gasteiger partial charge on any atom is -0.456 e. The summed E-state index contributed by atoms with van der Waals surface area (Å²) in [5.74, 6) is 0.723. The molecule has 56 heavy (non-hydrogen) atoms. The van der Waals surface area contributed by atoms with Crippen molar-refractivity contribution in [3.8, 4) is 11.1 Å². The summed E-state index contributed by atoms with van der Waals surface area (Å²) >= 11 is 1.12. The second-order valence-corrected chi connectivity index (χ2v) is 17.8. The molecule has 5 heteroatoms. The van der Waals surface area contributed by atoms with Gasteiger partial charge in [-0.1, -0.05) is 152 Å². The number of hydrogen-bond acceptors (Lipinski definition) is 4. The zero-order valence-electron chi connectivity index (χ0n) is 29.8. The van der Waals surface area contributed by atoms with E-state index in [1.54, 1.807) is 0 Å². The molecule has 0 fully saturated rings. The molecule has 9 aromatic carbocycles. The molecule has 11 aromatic rings. The molecule has 0 amide bonds. The second kappa shape index (κ2) is 12.6. The highest BCUT2D eigenvalue weighted by atomic mass is 127. The molecule has 0 bridgehead atoms. The van der Waals surface area contributed by atoms with Gasteiger partial charge in [-0.25, -0.2) is 9.98 Å². The number of amidine groups is 1. The van der Waals surface area contributed by atoms with Gasteiger partial charge in [0.15, 0.2) is 5.84 Å². The summed E-state index contributed by atoms with van der Waals surface area (Å²) in [7, 11) is 0. The van der Waals surface area contributed by atoms with Crippen molar-refractivity contribution >= 4 is 120 Å². The van der Waals surface area contributed by atoms with E-state index >= 15 is 0 Å². The van der Waals surface area contributed by atoms with Crippen LogP contribution in [0.25, 0.3) is 85.6 Å². The summed E-state index contributed by atoms with van der Waals surface area (Å²) in [5, 5.41) is 12.3. The van der Waals surface area contributed by atoms with Crippen LogP contribution < -0.4 is 0 Å². The topological polar surface area (TPSA) is 37.9 Å². The number of aliphatic imine (C=N–C) groups is 2. The standard InChI is InChI=1S/C51H29IN2OS/c1-2-13-36-34(11-1)35-12-3-4-14-37(35)43-29-32(27-28-38(36)43)50-52-49(53-51(54-50)42-19-10-21-45-47(42)41-16-5-7-20-44(41)55-45)31-25-23-30(24-26-31)33-17-9-18-40-39-15-6-8-22-46(39)56-48(33)40/h1-29H. The minimum absolute atomic E-state index is 0.723. The predicted molar refractivity (Wildman–Crippen MR) is 249 cm³/mol. The number of thiophene rings is 1. The number of para-hydroxylation sites is 1. The van der Waals surface area contributed by atoms with E-state index in [1.807, 2.05) is 29.5 Å². The van der Waals surface area contributed by atoms with E-state index in [1.165, 1.54) is 63.6 Å². The Balaban J connectivity index is 1.04. The van der Waals surface area contributed by atoms with Gasteiger partial charge in [0.1, 0.15) is 18.5 Å². The fourth-order valence-electron chi connectivity index (χ4n) is 8.46. The molecule has 1 aliphatic rings. The van der Waals surface area contributed by atoms with Crippen LogP contribution in [0.15, 0.2) is 190 Å². The van der Waals surface area contributed by atoms with Crippen LogP contribution in [0, 0.1) is 0 Å². The third kappa shape index (κ3) is 4.97. The third-order valence-corrected chi connectivity index (χ3v) is 15.0. The lowest BCUT2D eigenvalue weighted by Gasteiger charge is -2.16. The number of benzene rings is 9. The average molecular weight is 845 g/mol. The van der Waals surface area contributed by atoms with Crippen molar-refractivity contribution in [2.45, 2.75) is 0 Å². The summed E-state index contributed by atoms with van der Waals surface area (Å²) in [6.07, 6.45) is 0. The molecule has 0 saturated carbocycles. The first kappa shape index (κ1) is 32.0. The molecule has 0 unspecified atom stereocenters. The molecule has 3 heterocycles. The van der Waals surface area contributed by atoms with Crippen LogP contribution in [-0.4, -0.2) is 13.2 Å². The van der Waals surface area contributed by atoms with Crippen molar-refractivity contribution in [2.24, 2.45) is 9.98 Å². The SMILES string of the molecule is c1ccc2c(c1)oc1cccc(C3=NC(c4ccc5c6ccccc6c6ccccc6c5c4)=IC(c4ccc(-c5cccc6c5sc5ccccc56)cc4)=N3)c12. The minimum atomic E-state index is -0.748. The molecule has 12 rings (SSSR count). The maximum Gasteiger partial charge on any atom is 0.162 e. The molecule has 0 atom stereocenters. The number of hydrogen-bond donors (Lipinski definition) is 0. The summed E-state index contributed by atoms with van der Waals surface area (Å²) in [6.45, 7) is 0. The Morgan fingerprint density at radius 3 is 1.77 bits per heavy atom. The summed E-state index contributed by atoms with van der Waals surface area (Å²) < 4.78 is 11.2. The Morgan fingerprint density at radius 2 is 0.982 bits per heavy atom. The van der Waals surface area contributed by atoms with E-state index in [0.29, 0.717) is 0 Å². The van der Waals surface area contributed by atoms with Gasteiger partial charge in [-0.3, -0.25) is 0 Å². The molecule has 0 radical (unpaired) electrons. The normalized spacial score (nSPS) is 13.5. The lowest BCUT2D eigenvalue weighted by molar-refractivity contribution is 0.669. The predicted octanol–water partition coefficient (Wildman–Crippen LogP) is 14.4. The molecule has 0 aliphatic carbocycles. The Morgan fingerprint density at radius 1 is 0.411 bits per heavy atom. The number of fused-ring (bicyclic) bond motifs is 12. The number of halogens is 1. The van der Waals surface area contributed by atoms with E-state index in [-0.39, 0.29) is 0 Å². The van der Waals surface area contributed by atoms with Gasteiger partial charge in [-0.15, -0.1) is 11.3 Å². The van der Waals surface area contributed by atoms with Gasteiger partial charge in [0.05, 0.1) is 0 Å². The monoisotopic (exact) mass is 844 g/mol. The van der Waals surface area contributed by atoms with Gasteiger partial charge in [-0.05, 0) is 88.4 Å². The van der Waals surface area contributed by atoms with Crippen LogP contribution >= 0.6 is 32.1 Å². The summed E-state index contributed by atoms with van der Waals surface area (Å²) in [5.41, 5.74) is 7.45. The fraction of sp³-hybridized carbons (Fsp3) is 0. The largest absolute Gasteiger partial charge is 0.456 e. The van der Waals surface area contributed by atoms with Crippen LogP contribution in [0.2, 0.25) is 0 Å². The molecule has 0 saturated heterocycles. The van der Waals surface area contributed by atoms with Crippen molar-refractivity contribution in [1.29, 1.82) is 0 Å². The Kier molecular flexibility index (Phi) is 7.22. The highest BCUT2D eigenvalue weighted by Gasteiger charge is 2.21. The van der Waals surface area contributed by atoms with Crippen LogP contribution in [0.4, 0.5) is 0 Å². The number of rotatable bonds is 4. The highest BCUT2D eigenvalue weighted by molar-refractivity contribution is 14.2. The molecular weight excluding hydrogens is 816 g/mol. The van der Waals surface area contributed by atoms with Gasteiger partial charge in [0.2, 0.25) is 0 Å². The maximum absolute atomic E-state index is 6.33. The quantitative estimate of drug-likeness (QED) is 0.128. The van der Waals surface area contributed by atoms with E-state index < -0.39 is 20.7 Å². The second-order valence-electron chi connectivity index (χ2n) is 14.2. The zero-order valence-corrected chi connectivity index (χ0v) is 32.8. The van der Waals surface area contributed by atoms with Crippen molar-refractivity contribution in [3.63, 3.8) is 0 Å². The molecule has 1 aliphatic heterocycles. The van der Waals surface area contributed by atoms with E-state index in [0.717, 1.165) is 51.8 Å². The first-order chi connectivity index (χ1) is 27.7. The van der Waals surface area contributed by atoms with Crippen LogP contribution in [0.5, 0.6) is 0 Å². The summed E-state index contributed by atoms with van der Waals surface area (Å²) in [4.78, 5) is 10.9. The van der Waals surface area contributed by atoms with Crippen molar-refractivity contribution < 1.29 is 4.42 Å². The van der Waals surface area contributed by atoms with Crippen molar-refractivity contribution in [3.05, 3.63) is 193 Å². The smallest absolute Gasteiger partial charge is 0.162 e. The lowest BCUT2D eigenvalue weighted by Crippen LogP contribution is -2.11. The van der Waals surface area contributed by atoms with Crippen molar-refractivity contribution in [1.82, 2.24) is 0 Å². The van der Waals surface area contributed by atoms with Crippen LogP contribution in [0.1, 0.15) is 16.7 Å². The van der Waals surface area contributed by atoms with Gasteiger partial charge < -0.3 is 4.42 Å². The van der Waals surface area contributed by atoms with Gasteiger partial charge in [-0.2, -0.15) is 0 Å². The number of furan rings is 1.